The van der Waals surface area contributed by atoms with Crippen molar-refractivity contribution in [1.82, 2.24) is 9.55 Å². The smallest absolute Gasteiger partial charge is 0.419 e. The van der Waals surface area contributed by atoms with E-state index in [2.05, 4.69) is 4.98 Å². The molecule has 190 valence electrons. The van der Waals surface area contributed by atoms with Gasteiger partial charge in [0.2, 0.25) is 0 Å². The largest absolute Gasteiger partial charge is 0.483 e. The molecule has 0 amide bonds. The Morgan fingerprint density at radius 1 is 1.19 bits per heavy atom. The lowest BCUT2D eigenvalue weighted by atomic mass is 10.2. The summed E-state index contributed by atoms with van der Waals surface area (Å²) in [5.74, 6) is -1.29. The summed E-state index contributed by atoms with van der Waals surface area (Å²) in [5, 5.41) is 9.08. The summed E-state index contributed by atoms with van der Waals surface area (Å²) in [6.45, 7) is 3.67. The van der Waals surface area contributed by atoms with E-state index in [1.54, 1.807) is 18.3 Å². The minimum Gasteiger partial charge on any atom is -0.483 e. The number of nitrogens with zero attached hydrogens (tertiary/aromatic N) is 2. The monoisotopic (exact) mass is 534 g/mol. The van der Waals surface area contributed by atoms with E-state index in [0.717, 1.165) is 11.3 Å². The van der Waals surface area contributed by atoms with Gasteiger partial charge in [-0.25, -0.2) is 4.79 Å². The first-order valence-electron chi connectivity index (χ1n) is 10.6. The third-order valence-electron chi connectivity index (χ3n) is 5.00. The second kappa shape index (κ2) is 11.4. The van der Waals surface area contributed by atoms with E-state index in [9.17, 15) is 18.0 Å². The third kappa shape index (κ3) is 6.94. The molecule has 10 nitrogen and oxygen atoms in total. The van der Waals surface area contributed by atoms with Crippen LogP contribution in [0.15, 0.2) is 74.9 Å². The lowest BCUT2D eigenvalue weighted by Gasteiger charge is -2.15. The Labute approximate surface area is 211 Å². The van der Waals surface area contributed by atoms with Crippen LogP contribution in [0.5, 0.6) is 5.75 Å². The number of rotatable bonds is 7. The maximum absolute atomic E-state index is 11.9. The van der Waals surface area contributed by atoms with Crippen molar-refractivity contribution in [3.05, 3.63) is 87.6 Å². The molecule has 0 radical (unpaired) electrons. The molecule has 2 aromatic carbocycles. The van der Waals surface area contributed by atoms with Crippen molar-refractivity contribution in [2.24, 2.45) is 0 Å². The van der Waals surface area contributed by atoms with Crippen molar-refractivity contribution in [1.29, 1.82) is 0 Å². The number of ether oxygens (including phenoxy) is 1. The van der Waals surface area contributed by atoms with Crippen molar-refractivity contribution < 1.29 is 32.0 Å². The van der Waals surface area contributed by atoms with Crippen LogP contribution in [0, 0.1) is 6.92 Å². The number of pyridine rings is 1. The summed E-state index contributed by atoms with van der Waals surface area (Å²) in [6, 6.07) is 14.5. The summed E-state index contributed by atoms with van der Waals surface area (Å²) in [7, 11) is -4.02. The van der Waals surface area contributed by atoms with Crippen molar-refractivity contribution in [2.75, 3.05) is 0 Å². The molecule has 4 rings (SSSR count). The predicted molar refractivity (Wildman–Crippen MR) is 132 cm³/mol. The van der Waals surface area contributed by atoms with Gasteiger partial charge in [0.25, 0.3) is 10.1 Å². The second-order valence-electron chi connectivity index (χ2n) is 7.72. The predicted octanol–water partition coefficient (Wildman–Crippen LogP) is 4.50. The number of aryl methyl sites for hydroxylation is 2. The van der Waals surface area contributed by atoms with Crippen LogP contribution >= 0.6 is 11.6 Å². The van der Waals surface area contributed by atoms with Gasteiger partial charge in [-0.1, -0.05) is 35.4 Å². The minimum atomic E-state index is -4.02. The van der Waals surface area contributed by atoms with Crippen molar-refractivity contribution in [3.63, 3.8) is 0 Å². The Bertz CT molecular complexity index is 1510. The molecule has 0 aliphatic carbocycles. The number of halogens is 1. The molecular weight excluding hydrogens is 512 g/mol. The fourth-order valence-corrected chi connectivity index (χ4v) is 3.83. The van der Waals surface area contributed by atoms with Gasteiger partial charge >= 0.3 is 11.7 Å². The normalized spacial score (nSPS) is 12.0. The van der Waals surface area contributed by atoms with Crippen LogP contribution in [0.3, 0.4) is 0 Å². The van der Waals surface area contributed by atoms with Gasteiger partial charge in [0.05, 0.1) is 27.5 Å². The number of aromatic nitrogens is 2. The van der Waals surface area contributed by atoms with Gasteiger partial charge in [-0.2, -0.15) is 8.42 Å². The van der Waals surface area contributed by atoms with E-state index in [1.807, 2.05) is 32.0 Å². The first-order valence-corrected chi connectivity index (χ1v) is 12.4. The van der Waals surface area contributed by atoms with Gasteiger partial charge in [-0.15, -0.1) is 0 Å². The zero-order valence-electron chi connectivity index (χ0n) is 19.3. The minimum absolute atomic E-state index is 0.00202. The Morgan fingerprint density at radius 3 is 2.47 bits per heavy atom. The summed E-state index contributed by atoms with van der Waals surface area (Å²) in [5.41, 5.74) is 2.40. The molecule has 0 saturated carbocycles. The zero-order chi connectivity index (χ0) is 26.5. The molecule has 0 saturated heterocycles. The highest BCUT2D eigenvalue weighted by molar-refractivity contribution is 7.85. The molecule has 2 aromatic heterocycles. The van der Waals surface area contributed by atoms with Crippen LogP contribution in [0.25, 0.3) is 11.1 Å². The highest BCUT2D eigenvalue weighted by atomic mass is 35.5. The number of hydrogen-bond acceptors (Lipinski definition) is 7. The molecule has 0 bridgehead atoms. The van der Waals surface area contributed by atoms with Crippen LogP contribution in [-0.4, -0.2) is 33.6 Å². The van der Waals surface area contributed by atoms with Crippen LogP contribution in [0.1, 0.15) is 30.7 Å². The molecule has 2 heterocycles. The number of hydrogen-bond donors (Lipinski definition) is 2. The quantitative estimate of drug-likeness (QED) is 0.327. The number of fused-ring (bicyclic) bond motifs is 1. The van der Waals surface area contributed by atoms with Crippen LogP contribution in [-0.2, 0) is 21.5 Å². The fraction of sp³-hybridized carbons (Fsp3) is 0.208. The highest BCUT2D eigenvalue weighted by Crippen LogP contribution is 2.32. The van der Waals surface area contributed by atoms with Gasteiger partial charge in [0, 0.05) is 18.8 Å². The summed E-state index contributed by atoms with van der Waals surface area (Å²) in [6.07, 6.45) is 1.12. The van der Waals surface area contributed by atoms with Crippen molar-refractivity contribution in [3.8, 4) is 5.75 Å². The molecule has 0 aliphatic rings. The van der Waals surface area contributed by atoms with E-state index in [-0.39, 0.29) is 29.5 Å². The molecule has 4 aromatic rings. The fourth-order valence-electron chi connectivity index (χ4n) is 3.15. The number of oxazole rings is 1. The zero-order valence-corrected chi connectivity index (χ0v) is 20.9. The van der Waals surface area contributed by atoms with E-state index >= 15 is 0 Å². The lowest BCUT2D eigenvalue weighted by Crippen LogP contribution is -2.16. The van der Waals surface area contributed by atoms with Crippen molar-refractivity contribution >= 4 is 38.8 Å². The molecule has 36 heavy (non-hydrogen) atoms. The van der Waals surface area contributed by atoms with Gasteiger partial charge in [-0.05, 0) is 44.2 Å². The van der Waals surface area contributed by atoms with Crippen molar-refractivity contribution in [2.45, 2.75) is 37.8 Å². The SMILES string of the molecule is C[C@@H](Oc1cc2oc(=O)n(CCC(=O)O)c2cc1Cl)c1ccccn1.Cc1ccc(S(=O)(=O)O)cc1. The molecule has 2 N–H and O–H groups in total. The van der Waals surface area contributed by atoms with Crippen LogP contribution in [0.4, 0.5) is 0 Å². The summed E-state index contributed by atoms with van der Waals surface area (Å²) >= 11 is 6.26. The van der Waals surface area contributed by atoms with Gasteiger partial charge in [-0.3, -0.25) is 18.9 Å². The molecule has 0 aliphatic heterocycles. The number of benzene rings is 2. The molecule has 0 fully saturated rings. The van der Waals surface area contributed by atoms with E-state index in [1.165, 1.54) is 28.8 Å². The Hall–Kier alpha value is -3.67. The van der Waals surface area contributed by atoms with E-state index in [4.69, 9.17) is 30.4 Å². The Kier molecular flexibility index (Phi) is 8.51. The summed E-state index contributed by atoms with van der Waals surface area (Å²) < 4.78 is 41.8. The average molecular weight is 535 g/mol. The number of carboxylic acids is 1. The van der Waals surface area contributed by atoms with Gasteiger partial charge < -0.3 is 14.3 Å². The van der Waals surface area contributed by atoms with Crippen LogP contribution in [0.2, 0.25) is 5.02 Å². The number of carboxylic acid groups (broad SMARTS) is 1. The number of carbonyl (C=O) groups is 1. The second-order valence-corrected chi connectivity index (χ2v) is 9.55. The molecule has 0 unspecified atom stereocenters. The topological polar surface area (TPSA) is 149 Å². The van der Waals surface area contributed by atoms with Gasteiger partial charge in [0.15, 0.2) is 5.58 Å². The Balaban J connectivity index is 0.000000275. The first kappa shape index (κ1) is 26.9. The lowest BCUT2D eigenvalue weighted by molar-refractivity contribution is -0.137. The van der Waals surface area contributed by atoms with Crippen LogP contribution < -0.4 is 10.5 Å². The molecule has 12 heteroatoms. The molecule has 0 spiro atoms. The van der Waals surface area contributed by atoms with Gasteiger partial charge in [0.1, 0.15) is 11.9 Å². The average Bonchev–Trinajstić information content (AvgIpc) is 3.12. The third-order valence-corrected chi connectivity index (χ3v) is 6.16. The van der Waals surface area contributed by atoms with E-state index in [0.29, 0.717) is 16.3 Å². The van der Waals surface area contributed by atoms with E-state index < -0.39 is 21.8 Å². The standard InChI is InChI=1S/C17H15ClN2O5.C7H8O3S/c1-10(12-4-2-3-6-19-12)24-14-9-15-13(8-11(14)18)20(17(23)25-15)7-5-16(21)22;1-6-2-4-7(5-3-6)11(8,9)10/h2-4,6,8-10H,5,7H2,1H3,(H,21,22);2-5H,1H3,(H,8,9,10)/t10-;/m1./s1. The summed E-state index contributed by atoms with van der Waals surface area (Å²) in [4.78, 5) is 26.8. The first-order chi connectivity index (χ1) is 17.0. The molecular formula is C24H23ClN2O8S. The Morgan fingerprint density at radius 2 is 1.89 bits per heavy atom. The maximum atomic E-state index is 11.9. The molecule has 1 atom stereocenters. The number of aliphatic carboxylic acids is 1. The maximum Gasteiger partial charge on any atom is 0.419 e. The highest BCUT2D eigenvalue weighted by Gasteiger charge is 2.17.